The van der Waals surface area contributed by atoms with Crippen molar-refractivity contribution in [3.8, 4) is 11.8 Å². The Balaban J connectivity index is -0.000000188. The van der Waals surface area contributed by atoms with E-state index in [0.717, 1.165) is 13.2 Å². The van der Waals surface area contributed by atoms with Crippen LogP contribution < -0.4 is 0 Å². The molecule has 0 saturated heterocycles. The van der Waals surface area contributed by atoms with E-state index in [0.29, 0.717) is 6.29 Å². The predicted octanol–water partition coefficient (Wildman–Crippen LogP) is 3.42. The van der Waals surface area contributed by atoms with Gasteiger partial charge < -0.3 is 9.47 Å². The molecule has 0 heterocycles. The van der Waals surface area contributed by atoms with Gasteiger partial charge in [-0.15, -0.1) is 0 Å². The third-order valence-electron chi connectivity index (χ3n) is 1.51. The normalized spacial score (nSPS) is 7.94. The van der Waals surface area contributed by atoms with Crippen molar-refractivity contribution in [1.29, 1.82) is 0 Å². The van der Waals surface area contributed by atoms with Crippen molar-refractivity contribution in [2.24, 2.45) is 0 Å². The molecule has 0 spiro atoms. The van der Waals surface area contributed by atoms with Gasteiger partial charge in [0, 0.05) is 13.2 Å². The lowest BCUT2D eigenvalue weighted by molar-refractivity contribution is -0.123. The van der Waals surface area contributed by atoms with E-state index in [-0.39, 0.29) is 6.29 Å². The average molecular weight is 244 g/mol. The van der Waals surface area contributed by atoms with E-state index in [2.05, 4.69) is 25.7 Å². The SMILES string of the molecule is CC#CC=O.CCCC.CCOC(C)OCC. The van der Waals surface area contributed by atoms with Gasteiger partial charge in [0.25, 0.3) is 0 Å². The lowest BCUT2D eigenvalue weighted by Gasteiger charge is -2.09. The minimum Gasteiger partial charge on any atom is -0.353 e. The average Bonchev–Trinajstić information content (AvgIpc) is 2.32. The van der Waals surface area contributed by atoms with Crippen LogP contribution in [0.1, 0.15) is 54.4 Å². The van der Waals surface area contributed by atoms with Gasteiger partial charge in [-0.3, -0.25) is 4.79 Å². The van der Waals surface area contributed by atoms with Crippen LogP contribution in [-0.4, -0.2) is 25.8 Å². The van der Waals surface area contributed by atoms with Gasteiger partial charge in [0.2, 0.25) is 0 Å². The number of ether oxygens (including phenoxy) is 2. The van der Waals surface area contributed by atoms with E-state index in [1.165, 1.54) is 12.8 Å². The molecule has 0 rings (SSSR count). The lowest BCUT2D eigenvalue weighted by atomic mass is 10.4. The highest BCUT2D eigenvalue weighted by molar-refractivity contribution is 5.72. The number of hydrogen-bond donors (Lipinski definition) is 0. The van der Waals surface area contributed by atoms with Crippen molar-refractivity contribution in [2.75, 3.05) is 13.2 Å². The van der Waals surface area contributed by atoms with E-state index < -0.39 is 0 Å². The molecule has 0 aliphatic carbocycles. The maximum absolute atomic E-state index is 9.23. The van der Waals surface area contributed by atoms with Crippen molar-refractivity contribution >= 4 is 6.29 Å². The third-order valence-corrected chi connectivity index (χ3v) is 1.51. The summed E-state index contributed by atoms with van der Waals surface area (Å²) < 4.78 is 10.1. The first kappa shape index (κ1) is 21.4. The van der Waals surface area contributed by atoms with Crippen LogP contribution in [0.2, 0.25) is 0 Å². The molecule has 0 amide bonds. The van der Waals surface area contributed by atoms with Crippen molar-refractivity contribution in [3.63, 3.8) is 0 Å². The summed E-state index contributed by atoms with van der Waals surface area (Å²) in [5.74, 6) is 4.58. The minimum absolute atomic E-state index is 0.0370. The molecule has 0 aromatic carbocycles. The van der Waals surface area contributed by atoms with Gasteiger partial charge in [-0.25, -0.2) is 0 Å². The quantitative estimate of drug-likeness (QED) is 0.422. The molecule has 0 aliphatic rings. The Morgan fingerprint density at radius 2 is 1.47 bits per heavy atom. The van der Waals surface area contributed by atoms with Gasteiger partial charge in [-0.1, -0.05) is 32.6 Å². The standard InChI is InChI=1S/C6H14O2.C4H4O.C4H10/c1-4-7-6(3)8-5-2;1-2-3-4-5;1-3-4-2/h6H,4-5H2,1-3H3;4H,1H3;3-4H2,1-2H3. The summed E-state index contributed by atoms with van der Waals surface area (Å²) in [5, 5.41) is 0. The second-order valence-corrected chi connectivity index (χ2v) is 2.99. The molecule has 0 N–H and O–H groups in total. The van der Waals surface area contributed by atoms with Gasteiger partial charge in [0.1, 0.15) is 0 Å². The molecule has 0 unspecified atom stereocenters. The van der Waals surface area contributed by atoms with Crippen LogP contribution in [0.15, 0.2) is 0 Å². The summed E-state index contributed by atoms with van der Waals surface area (Å²) in [5.41, 5.74) is 0. The zero-order valence-corrected chi connectivity index (χ0v) is 12.2. The second kappa shape index (κ2) is 24.4. The monoisotopic (exact) mass is 244 g/mol. The topological polar surface area (TPSA) is 35.5 Å². The molecule has 0 aliphatic heterocycles. The summed E-state index contributed by atoms with van der Waals surface area (Å²) >= 11 is 0. The Hall–Kier alpha value is -0.850. The molecule has 0 saturated carbocycles. The zero-order valence-electron chi connectivity index (χ0n) is 12.2. The van der Waals surface area contributed by atoms with Crippen molar-refractivity contribution < 1.29 is 14.3 Å². The van der Waals surface area contributed by atoms with Gasteiger partial charge in [0.15, 0.2) is 12.6 Å². The van der Waals surface area contributed by atoms with E-state index in [1.807, 2.05) is 20.8 Å². The van der Waals surface area contributed by atoms with E-state index in [1.54, 1.807) is 6.92 Å². The fraction of sp³-hybridized carbons (Fsp3) is 0.786. The molecule has 0 atom stereocenters. The Morgan fingerprint density at radius 1 is 1.06 bits per heavy atom. The minimum atomic E-state index is -0.0370. The van der Waals surface area contributed by atoms with Gasteiger partial charge >= 0.3 is 0 Å². The summed E-state index contributed by atoms with van der Waals surface area (Å²) in [4.78, 5) is 9.23. The first-order chi connectivity index (χ1) is 8.14. The second-order valence-electron chi connectivity index (χ2n) is 2.99. The van der Waals surface area contributed by atoms with Crippen LogP contribution in [0, 0.1) is 11.8 Å². The van der Waals surface area contributed by atoms with Crippen LogP contribution in [0.25, 0.3) is 0 Å². The zero-order chi connectivity index (χ0) is 13.9. The highest BCUT2D eigenvalue weighted by Gasteiger charge is 1.94. The first-order valence-electron chi connectivity index (χ1n) is 6.23. The summed E-state index contributed by atoms with van der Waals surface area (Å²) in [6.45, 7) is 13.2. The molecule has 0 aromatic heterocycles. The number of rotatable bonds is 5. The van der Waals surface area contributed by atoms with Gasteiger partial charge in [-0.05, 0) is 33.6 Å². The smallest absolute Gasteiger partial charge is 0.192 e. The predicted molar refractivity (Wildman–Crippen MR) is 72.8 cm³/mol. The summed E-state index contributed by atoms with van der Waals surface area (Å²) in [6, 6.07) is 0. The van der Waals surface area contributed by atoms with Crippen LogP contribution in [0.5, 0.6) is 0 Å². The maximum Gasteiger partial charge on any atom is 0.192 e. The highest BCUT2D eigenvalue weighted by atomic mass is 16.7. The molecular formula is C14H28O3. The Kier molecular flexibility index (Phi) is 30.8. The van der Waals surface area contributed by atoms with Gasteiger partial charge in [-0.2, -0.15) is 0 Å². The molecule has 17 heavy (non-hydrogen) atoms. The fourth-order valence-electron chi connectivity index (χ4n) is 0.576. The molecule has 0 radical (unpaired) electrons. The molecule has 0 bridgehead atoms. The van der Waals surface area contributed by atoms with Crippen LogP contribution >= 0.6 is 0 Å². The molecule has 102 valence electrons. The first-order valence-corrected chi connectivity index (χ1v) is 6.23. The van der Waals surface area contributed by atoms with E-state index in [9.17, 15) is 4.79 Å². The Bertz CT molecular complexity index is 172. The van der Waals surface area contributed by atoms with Crippen LogP contribution in [0.3, 0.4) is 0 Å². The Labute approximate surface area is 107 Å². The number of carbonyl (C=O) groups is 1. The summed E-state index contributed by atoms with van der Waals surface area (Å²) in [6.07, 6.45) is 3.17. The lowest BCUT2D eigenvalue weighted by Crippen LogP contribution is -2.11. The molecule has 3 heteroatoms. The largest absolute Gasteiger partial charge is 0.353 e. The number of aldehydes is 1. The van der Waals surface area contributed by atoms with Crippen LogP contribution in [0.4, 0.5) is 0 Å². The number of carbonyl (C=O) groups excluding carboxylic acids is 1. The number of hydrogen-bond acceptors (Lipinski definition) is 3. The molecule has 0 fully saturated rings. The third kappa shape index (κ3) is 39.4. The number of unbranched alkanes of at least 4 members (excludes halogenated alkanes) is 1. The summed E-state index contributed by atoms with van der Waals surface area (Å²) in [7, 11) is 0. The highest BCUT2D eigenvalue weighted by Crippen LogP contribution is 1.90. The van der Waals surface area contributed by atoms with Gasteiger partial charge in [0.05, 0.1) is 0 Å². The van der Waals surface area contributed by atoms with E-state index >= 15 is 0 Å². The Morgan fingerprint density at radius 3 is 1.59 bits per heavy atom. The van der Waals surface area contributed by atoms with E-state index in [4.69, 9.17) is 9.47 Å². The fourth-order valence-corrected chi connectivity index (χ4v) is 0.576. The van der Waals surface area contributed by atoms with Crippen molar-refractivity contribution in [2.45, 2.75) is 60.7 Å². The van der Waals surface area contributed by atoms with Crippen molar-refractivity contribution in [1.82, 2.24) is 0 Å². The molecule has 0 aromatic rings. The maximum atomic E-state index is 9.23. The van der Waals surface area contributed by atoms with Crippen LogP contribution in [-0.2, 0) is 14.3 Å². The van der Waals surface area contributed by atoms with Crippen molar-refractivity contribution in [3.05, 3.63) is 0 Å². The molecule has 3 nitrogen and oxygen atoms in total. The molecular weight excluding hydrogens is 216 g/mol.